The van der Waals surface area contributed by atoms with E-state index in [1.807, 2.05) is 56.7 Å². The maximum Gasteiger partial charge on any atom is 0.407 e. The lowest BCUT2D eigenvalue weighted by Gasteiger charge is -2.38. The first-order valence-electron chi connectivity index (χ1n) is 22.6. The molecule has 4 aliphatic rings. The number of rotatable bonds is 9. The minimum absolute atomic E-state index is 0.0262. The Morgan fingerprint density at radius 1 is 0.938 bits per heavy atom. The van der Waals surface area contributed by atoms with E-state index >= 15 is 0 Å². The number of carbonyl (C=O) groups excluding carboxylic acids is 3. The van der Waals surface area contributed by atoms with Gasteiger partial charge in [0, 0.05) is 30.6 Å². The van der Waals surface area contributed by atoms with Crippen LogP contribution in [0.15, 0.2) is 48.7 Å². The molecule has 4 amide bonds. The number of hydrogen-bond donors (Lipinski definition) is 4. The fraction of sp³-hybridized carbons (Fsp3) is 0.500. The highest BCUT2D eigenvalue weighted by Crippen LogP contribution is 2.44. The summed E-state index contributed by atoms with van der Waals surface area (Å²) in [5.74, 6) is 1.51. The molecule has 0 unspecified atom stereocenters. The Hall–Kier alpha value is -6.16. The molecule has 5 aromatic rings. The number of aromatic nitrogens is 4. The summed E-state index contributed by atoms with van der Waals surface area (Å²) in [6, 6.07) is 12.4. The average Bonchev–Trinajstić information content (AvgIpc) is 4.10. The van der Waals surface area contributed by atoms with E-state index in [9.17, 15) is 24.3 Å². The molecule has 4 N–H and O–H groups in total. The van der Waals surface area contributed by atoms with Gasteiger partial charge in [-0.1, -0.05) is 32.0 Å². The van der Waals surface area contributed by atoms with Crippen molar-refractivity contribution in [1.82, 2.24) is 40.0 Å². The van der Waals surface area contributed by atoms with Crippen LogP contribution in [0.3, 0.4) is 0 Å². The number of fused-ring (bicyclic) bond motifs is 6. The fourth-order valence-corrected chi connectivity index (χ4v) is 10.9. The number of nitrogens with one attached hydrogen (secondary N) is 3. The number of aromatic amines is 2. The van der Waals surface area contributed by atoms with Crippen LogP contribution < -0.4 is 10.1 Å². The number of imidazole rings is 2. The number of carboxylic acid groups (broad SMARTS) is 1. The van der Waals surface area contributed by atoms with E-state index < -0.39 is 24.3 Å². The molecule has 3 fully saturated rings. The van der Waals surface area contributed by atoms with Gasteiger partial charge in [0.15, 0.2) is 0 Å². The maximum atomic E-state index is 14.3. The first kappa shape index (κ1) is 43.1. The Bertz CT molecular complexity index is 2610. The summed E-state index contributed by atoms with van der Waals surface area (Å²) in [7, 11) is 2.77. The van der Waals surface area contributed by atoms with E-state index in [-0.39, 0.29) is 54.0 Å². The van der Waals surface area contributed by atoms with E-state index in [4.69, 9.17) is 24.2 Å². The van der Waals surface area contributed by atoms with E-state index in [1.54, 1.807) is 0 Å². The third kappa shape index (κ3) is 7.79. The van der Waals surface area contributed by atoms with E-state index in [0.29, 0.717) is 44.1 Å². The molecule has 2 aromatic heterocycles. The van der Waals surface area contributed by atoms with Crippen LogP contribution in [-0.2, 0) is 25.7 Å². The van der Waals surface area contributed by atoms with Gasteiger partial charge in [-0.3, -0.25) is 14.5 Å². The Balaban J connectivity index is 0.955. The van der Waals surface area contributed by atoms with Gasteiger partial charge in [-0.25, -0.2) is 19.6 Å². The SMILES string of the molecule is COC(=O)N[C@H](C(=O)N1CCC[C@H]1c1ncc(-c2ccc3c(c2)COc2cc4c(ccc5[nH]c([C@@H]6CC[C@H](C)N6C(=O)[C@H](C(C)C)N(C)C(=O)O)nc54)cc2-3)[nH]1)C1C[C@@H](C)O[C@H](C)C1. The molecule has 0 aliphatic carbocycles. The van der Waals surface area contributed by atoms with Crippen LogP contribution >= 0.6 is 0 Å². The van der Waals surface area contributed by atoms with E-state index in [2.05, 4.69) is 51.7 Å². The molecule has 6 heterocycles. The Morgan fingerprint density at radius 2 is 1.72 bits per heavy atom. The zero-order valence-electron chi connectivity index (χ0n) is 37.5. The first-order valence-corrected chi connectivity index (χ1v) is 22.6. The summed E-state index contributed by atoms with van der Waals surface area (Å²) in [6.07, 6.45) is 4.40. The van der Waals surface area contributed by atoms with Gasteiger partial charge >= 0.3 is 12.2 Å². The largest absolute Gasteiger partial charge is 0.488 e. The molecular weight excluding hydrogens is 817 g/mol. The van der Waals surface area contributed by atoms with Gasteiger partial charge in [-0.15, -0.1) is 0 Å². The van der Waals surface area contributed by atoms with E-state index in [1.165, 1.54) is 14.2 Å². The summed E-state index contributed by atoms with van der Waals surface area (Å²) in [5.41, 5.74) is 6.51. The number of H-pyrrole nitrogens is 2. The Morgan fingerprint density at radius 3 is 2.45 bits per heavy atom. The number of alkyl carbamates (subject to hydrolysis) is 1. The molecular formula is C48H58N8O8. The fourth-order valence-electron chi connectivity index (χ4n) is 10.9. The van der Waals surface area contributed by atoms with Crippen molar-refractivity contribution in [2.24, 2.45) is 11.8 Å². The first-order chi connectivity index (χ1) is 30.7. The summed E-state index contributed by atoms with van der Waals surface area (Å²) in [5, 5.41) is 14.6. The number of amides is 4. The lowest BCUT2D eigenvalue weighted by Crippen LogP contribution is -2.54. The van der Waals surface area contributed by atoms with Crippen LogP contribution in [0.2, 0.25) is 0 Å². The standard InChI is InChI=1S/C48H58N8O8/c1-24(2)42(54(6)48(60)61)46(58)56-25(3)10-15-38(56)44-50-35-14-12-28-20-34-32-13-11-29(19-31(32)23-63-39(34)21-33(28)41(35)52-44)36-22-49-43(51-36)37-9-8-16-55(37)45(57)40(53-47(59)62-7)30-17-26(4)64-27(5)18-30/h11-14,19-22,24-27,30,37-38,40,42H,8-10,15-18,23H2,1-7H3,(H,49,51)(H,50,52)(H,53,59)(H,60,61)/t25-,26+,27+,37-,38-,40-,42-/m0/s1. The van der Waals surface area contributed by atoms with Crippen LogP contribution in [0.25, 0.3) is 44.2 Å². The van der Waals surface area contributed by atoms with Crippen molar-refractivity contribution in [3.63, 3.8) is 0 Å². The predicted octanol–water partition coefficient (Wildman–Crippen LogP) is 7.94. The number of nitrogens with zero attached hydrogens (tertiary/aromatic N) is 5. The average molecular weight is 875 g/mol. The molecule has 338 valence electrons. The lowest BCUT2D eigenvalue weighted by atomic mass is 9.85. The Kier molecular flexibility index (Phi) is 11.5. The molecule has 16 nitrogen and oxygen atoms in total. The smallest absolute Gasteiger partial charge is 0.407 e. The Labute approximate surface area is 372 Å². The van der Waals surface area contributed by atoms with Crippen molar-refractivity contribution >= 4 is 45.8 Å². The molecule has 9 rings (SSSR count). The van der Waals surface area contributed by atoms with Gasteiger partial charge in [-0.2, -0.15) is 0 Å². The highest BCUT2D eigenvalue weighted by atomic mass is 16.5. The van der Waals surface area contributed by atoms with Crippen molar-refractivity contribution in [3.05, 3.63) is 65.9 Å². The summed E-state index contributed by atoms with van der Waals surface area (Å²) >= 11 is 0. The van der Waals surface area contributed by atoms with Crippen LogP contribution in [0.5, 0.6) is 5.75 Å². The number of likely N-dealkylation sites (tertiary alicyclic amines) is 2. The molecule has 3 saturated heterocycles. The van der Waals surface area contributed by atoms with Gasteiger partial charge in [0.2, 0.25) is 11.8 Å². The summed E-state index contributed by atoms with van der Waals surface area (Å²) in [4.78, 5) is 74.5. The normalized spacial score (nSPS) is 24.0. The van der Waals surface area contributed by atoms with Gasteiger partial charge in [0.05, 0.1) is 54.3 Å². The van der Waals surface area contributed by atoms with Crippen molar-refractivity contribution in [2.75, 3.05) is 20.7 Å². The molecule has 0 radical (unpaired) electrons. The van der Waals surface area contributed by atoms with Gasteiger partial charge < -0.3 is 44.4 Å². The number of hydrogen-bond acceptors (Lipinski definition) is 9. The molecule has 0 bridgehead atoms. The zero-order valence-corrected chi connectivity index (χ0v) is 37.5. The number of benzene rings is 3. The molecule has 16 heteroatoms. The van der Waals surface area contributed by atoms with Crippen LogP contribution in [0.1, 0.15) is 102 Å². The zero-order chi connectivity index (χ0) is 45.1. The number of carbonyl (C=O) groups is 4. The second kappa shape index (κ2) is 17.1. The third-order valence-corrected chi connectivity index (χ3v) is 13.9. The number of ether oxygens (including phenoxy) is 3. The topological polar surface area (TPSA) is 195 Å². The van der Waals surface area contributed by atoms with Gasteiger partial charge in [0.1, 0.15) is 36.1 Å². The number of likely N-dealkylation sites (N-methyl/N-ethyl adjacent to an activating group) is 1. The minimum Gasteiger partial charge on any atom is -0.488 e. The molecule has 0 saturated carbocycles. The second-order valence-electron chi connectivity index (χ2n) is 18.6. The third-order valence-electron chi connectivity index (χ3n) is 13.9. The molecule has 7 atom stereocenters. The van der Waals surface area contributed by atoms with Gasteiger partial charge in [-0.05, 0) is 117 Å². The van der Waals surface area contributed by atoms with Crippen molar-refractivity contribution < 1.29 is 38.5 Å². The van der Waals surface area contributed by atoms with Crippen LogP contribution in [0.4, 0.5) is 9.59 Å². The monoisotopic (exact) mass is 874 g/mol. The lowest BCUT2D eigenvalue weighted by molar-refractivity contribution is -0.140. The highest BCUT2D eigenvalue weighted by molar-refractivity contribution is 6.07. The maximum absolute atomic E-state index is 14.3. The molecule has 3 aromatic carbocycles. The van der Waals surface area contributed by atoms with Crippen LogP contribution in [-0.4, -0.2) is 115 Å². The molecule has 0 spiro atoms. The van der Waals surface area contributed by atoms with Crippen molar-refractivity contribution in [2.45, 2.75) is 122 Å². The van der Waals surface area contributed by atoms with Gasteiger partial charge in [0.25, 0.3) is 0 Å². The van der Waals surface area contributed by atoms with Crippen molar-refractivity contribution in [3.8, 4) is 28.1 Å². The van der Waals surface area contributed by atoms with Crippen molar-refractivity contribution in [1.29, 1.82) is 0 Å². The van der Waals surface area contributed by atoms with Crippen LogP contribution in [0, 0.1) is 11.8 Å². The highest BCUT2D eigenvalue weighted by Gasteiger charge is 2.44. The quantitative estimate of drug-likeness (QED) is 0.113. The molecule has 64 heavy (non-hydrogen) atoms. The molecule has 4 aliphatic heterocycles. The number of methoxy groups -OCH3 is 1. The summed E-state index contributed by atoms with van der Waals surface area (Å²) in [6.45, 7) is 10.7. The van der Waals surface area contributed by atoms with E-state index in [0.717, 1.165) is 79.7 Å². The summed E-state index contributed by atoms with van der Waals surface area (Å²) < 4.78 is 17.3. The predicted molar refractivity (Wildman–Crippen MR) is 239 cm³/mol. The second-order valence-corrected chi connectivity index (χ2v) is 18.6. The minimum atomic E-state index is -1.13.